The van der Waals surface area contributed by atoms with E-state index < -0.39 is 11.7 Å². The molecule has 0 saturated carbocycles. The lowest BCUT2D eigenvalue weighted by Gasteiger charge is -2.25. The normalized spacial score (nSPS) is 18.7. The Kier molecular flexibility index (Phi) is 9.86. The van der Waals surface area contributed by atoms with E-state index in [-0.39, 0.29) is 29.9 Å². The van der Waals surface area contributed by atoms with Gasteiger partial charge in [0.05, 0.1) is 12.2 Å². The number of alkyl halides is 3. The molecule has 0 aliphatic carbocycles. The van der Waals surface area contributed by atoms with Crippen LogP contribution in [0.2, 0.25) is 0 Å². The van der Waals surface area contributed by atoms with Gasteiger partial charge < -0.3 is 15.0 Å². The maximum Gasteiger partial charge on any atom is 0.416 e. The summed E-state index contributed by atoms with van der Waals surface area (Å²) in [6, 6.07) is 5.57. The molecule has 2 unspecified atom stereocenters. The zero-order valence-corrected chi connectivity index (χ0v) is 18.4. The smallest absolute Gasteiger partial charge is 0.381 e. The quantitative estimate of drug-likeness (QED) is 0.359. The summed E-state index contributed by atoms with van der Waals surface area (Å²) in [6.07, 6.45) is -2.52. The number of rotatable bonds is 6. The summed E-state index contributed by atoms with van der Waals surface area (Å²) in [5, 5.41) is 3.30. The van der Waals surface area contributed by atoms with E-state index in [1.165, 1.54) is 12.1 Å². The second-order valence-corrected chi connectivity index (χ2v) is 6.90. The average molecular weight is 499 g/mol. The van der Waals surface area contributed by atoms with Crippen LogP contribution < -0.4 is 5.32 Å². The standard InChI is InChI=1S/C19H28F3N3O.HI/c1-14(16-5-4-6-17(11-16)19(20,21)22)7-9-24-18(23-2)25(3)12-15-8-10-26-13-15;/h4-6,11,14-15H,7-10,12-13H2,1-3H3,(H,23,24);1H. The Bertz CT molecular complexity index is 604. The van der Waals surface area contributed by atoms with Crippen LogP contribution in [0.4, 0.5) is 13.2 Å². The summed E-state index contributed by atoms with van der Waals surface area (Å²) in [6.45, 7) is 5.07. The van der Waals surface area contributed by atoms with E-state index in [0.717, 1.165) is 44.6 Å². The van der Waals surface area contributed by atoms with Crippen molar-refractivity contribution in [2.45, 2.75) is 31.9 Å². The third kappa shape index (κ3) is 7.48. The summed E-state index contributed by atoms with van der Waals surface area (Å²) in [5.41, 5.74) is 0.109. The lowest BCUT2D eigenvalue weighted by Crippen LogP contribution is -2.42. The van der Waals surface area contributed by atoms with Gasteiger partial charge in [-0.05, 0) is 30.4 Å². The fraction of sp³-hybridized carbons (Fsp3) is 0.632. The van der Waals surface area contributed by atoms with Crippen molar-refractivity contribution in [1.29, 1.82) is 0 Å². The van der Waals surface area contributed by atoms with Crippen LogP contribution in [0.15, 0.2) is 29.3 Å². The van der Waals surface area contributed by atoms with Crippen molar-refractivity contribution in [2.75, 3.05) is 40.4 Å². The van der Waals surface area contributed by atoms with Crippen LogP contribution in [-0.2, 0) is 10.9 Å². The summed E-state index contributed by atoms with van der Waals surface area (Å²) in [5.74, 6) is 1.34. The molecule has 8 heteroatoms. The van der Waals surface area contributed by atoms with Gasteiger partial charge in [-0.2, -0.15) is 13.2 Å². The van der Waals surface area contributed by atoms with E-state index in [4.69, 9.17) is 4.74 Å². The van der Waals surface area contributed by atoms with Gasteiger partial charge in [0.1, 0.15) is 0 Å². The Labute approximate surface area is 176 Å². The lowest BCUT2D eigenvalue weighted by molar-refractivity contribution is -0.137. The molecule has 4 nitrogen and oxygen atoms in total. The lowest BCUT2D eigenvalue weighted by atomic mass is 9.96. The summed E-state index contributed by atoms with van der Waals surface area (Å²) >= 11 is 0. The van der Waals surface area contributed by atoms with Crippen LogP contribution in [0, 0.1) is 5.92 Å². The van der Waals surface area contributed by atoms with Crippen LogP contribution >= 0.6 is 24.0 Å². The minimum Gasteiger partial charge on any atom is -0.381 e. The van der Waals surface area contributed by atoms with Gasteiger partial charge in [-0.15, -0.1) is 24.0 Å². The van der Waals surface area contributed by atoms with Gasteiger partial charge in [-0.3, -0.25) is 4.99 Å². The SMILES string of the molecule is CN=C(NCCC(C)c1cccc(C(F)(F)F)c1)N(C)CC1CCOC1.I. The molecule has 0 bridgehead atoms. The number of aliphatic imine (C=N–C) groups is 1. The molecule has 1 aliphatic rings. The number of hydrogen-bond donors (Lipinski definition) is 1. The molecule has 1 fully saturated rings. The van der Waals surface area contributed by atoms with E-state index in [2.05, 4.69) is 15.2 Å². The second kappa shape index (κ2) is 11.1. The fourth-order valence-electron chi connectivity index (χ4n) is 3.17. The van der Waals surface area contributed by atoms with Gasteiger partial charge in [0.25, 0.3) is 0 Å². The van der Waals surface area contributed by atoms with Gasteiger partial charge in [0, 0.05) is 39.7 Å². The predicted molar refractivity (Wildman–Crippen MR) is 113 cm³/mol. The van der Waals surface area contributed by atoms with Crippen molar-refractivity contribution in [1.82, 2.24) is 10.2 Å². The van der Waals surface area contributed by atoms with Gasteiger partial charge in [0.15, 0.2) is 5.96 Å². The first kappa shape index (κ1) is 24.0. The van der Waals surface area contributed by atoms with Crippen LogP contribution in [0.1, 0.15) is 36.8 Å². The van der Waals surface area contributed by atoms with E-state index >= 15 is 0 Å². The second-order valence-electron chi connectivity index (χ2n) is 6.90. The van der Waals surface area contributed by atoms with Crippen molar-refractivity contribution in [3.63, 3.8) is 0 Å². The molecule has 1 aliphatic heterocycles. The first-order chi connectivity index (χ1) is 12.3. The molecule has 2 rings (SSSR count). The molecule has 0 radical (unpaired) electrons. The molecule has 1 aromatic rings. The van der Waals surface area contributed by atoms with Crippen LogP contribution in [0.25, 0.3) is 0 Å². The Morgan fingerprint density at radius 2 is 2.15 bits per heavy atom. The number of nitrogens with zero attached hydrogens (tertiary/aromatic N) is 2. The number of benzene rings is 1. The van der Waals surface area contributed by atoms with Crippen LogP contribution in [0.3, 0.4) is 0 Å². The minimum absolute atomic E-state index is 0. The minimum atomic E-state index is -4.30. The van der Waals surface area contributed by atoms with Gasteiger partial charge in [0.2, 0.25) is 0 Å². The van der Waals surface area contributed by atoms with Crippen molar-refractivity contribution in [3.8, 4) is 0 Å². The number of nitrogens with one attached hydrogen (secondary N) is 1. The zero-order chi connectivity index (χ0) is 19.2. The Morgan fingerprint density at radius 3 is 2.74 bits per heavy atom. The highest BCUT2D eigenvalue weighted by molar-refractivity contribution is 14.0. The first-order valence-corrected chi connectivity index (χ1v) is 8.98. The van der Waals surface area contributed by atoms with Gasteiger partial charge in [-0.25, -0.2) is 0 Å². The summed E-state index contributed by atoms with van der Waals surface area (Å²) in [4.78, 5) is 6.37. The van der Waals surface area contributed by atoms with Crippen molar-refractivity contribution < 1.29 is 17.9 Å². The van der Waals surface area contributed by atoms with Gasteiger partial charge in [-0.1, -0.05) is 25.1 Å². The molecule has 1 heterocycles. The predicted octanol–water partition coefficient (Wildman–Crippen LogP) is 4.36. The molecule has 1 saturated heterocycles. The third-order valence-corrected chi connectivity index (χ3v) is 4.77. The molecule has 0 aromatic heterocycles. The topological polar surface area (TPSA) is 36.9 Å². The van der Waals surface area contributed by atoms with Gasteiger partial charge >= 0.3 is 6.18 Å². The monoisotopic (exact) mass is 499 g/mol. The average Bonchev–Trinajstić information content (AvgIpc) is 3.10. The molecule has 154 valence electrons. The maximum absolute atomic E-state index is 12.8. The maximum atomic E-state index is 12.8. The van der Waals surface area contributed by atoms with E-state index in [1.807, 2.05) is 14.0 Å². The molecule has 0 spiro atoms. The molecular formula is C19H29F3IN3O. The Balaban J connectivity index is 0.00000364. The van der Waals surface area contributed by atoms with Crippen molar-refractivity contribution in [3.05, 3.63) is 35.4 Å². The molecule has 1 N–H and O–H groups in total. The molecule has 2 atom stereocenters. The molecule has 0 amide bonds. The van der Waals surface area contributed by atoms with Crippen molar-refractivity contribution in [2.24, 2.45) is 10.9 Å². The number of guanidine groups is 1. The Morgan fingerprint density at radius 1 is 1.41 bits per heavy atom. The van der Waals surface area contributed by atoms with E-state index in [9.17, 15) is 13.2 Å². The molecule has 1 aromatic carbocycles. The largest absolute Gasteiger partial charge is 0.416 e. The van der Waals surface area contributed by atoms with Crippen molar-refractivity contribution >= 4 is 29.9 Å². The van der Waals surface area contributed by atoms with Crippen LogP contribution in [0.5, 0.6) is 0 Å². The number of ether oxygens (including phenoxy) is 1. The first-order valence-electron chi connectivity index (χ1n) is 8.98. The number of hydrogen-bond acceptors (Lipinski definition) is 2. The fourth-order valence-corrected chi connectivity index (χ4v) is 3.17. The number of halogens is 4. The van der Waals surface area contributed by atoms with E-state index in [1.54, 1.807) is 13.1 Å². The highest BCUT2D eigenvalue weighted by Crippen LogP contribution is 2.31. The Hall–Kier alpha value is -1.03. The highest BCUT2D eigenvalue weighted by Gasteiger charge is 2.30. The zero-order valence-electron chi connectivity index (χ0n) is 16.1. The van der Waals surface area contributed by atoms with Crippen LogP contribution in [-0.4, -0.2) is 51.3 Å². The summed E-state index contributed by atoms with van der Waals surface area (Å²) in [7, 11) is 3.73. The summed E-state index contributed by atoms with van der Waals surface area (Å²) < 4.78 is 43.9. The highest BCUT2D eigenvalue weighted by atomic mass is 127. The molecular weight excluding hydrogens is 470 g/mol. The molecule has 27 heavy (non-hydrogen) atoms. The third-order valence-electron chi connectivity index (χ3n) is 4.77. The van der Waals surface area contributed by atoms with E-state index in [0.29, 0.717) is 18.0 Å².